The molecule has 0 spiro atoms. The monoisotopic (exact) mass is 270 g/mol. The van der Waals surface area contributed by atoms with Gasteiger partial charge in [0.25, 0.3) is 0 Å². The number of anilines is 2. The molecule has 104 valence electrons. The van der Waals surface area contributed by atoms with E-state index < -0.39 is 0 Å². The van der Waals surface area contributed by atoms with Gasteiger partial charge in [-0.1, -0.05) is 24.3 Å². The summed E-state index contributed by atoms with van der Waals surface area (Å²) in [6, 6.07) is 13.1. The minimum atomic E-state index is -0.200. The lowest BCUT2D eigenvalue weighted by molar-refractivity contribution is -0.114. The highest BCUT2D eigenvalue weighted by molar-refractivity contribution is 5.95. The Morgan fingerprint density at radius 2 is 1.85 bits per heavy atom. The summed E-state index contributed by atoms with van der Waals surface area (Å²) in [6.07, 6.45) is 0. The van der Waals surface area contributed by atoms with E-state index in [0.29, 0.717) is 5.69 Å². The van der Waals surface area contributed by atoms with E-state index in [1.807, 2.05) is 43.3 Å². The minimum absolute atomic E-state index is 0.115. The molecule has 0 saturated heterocycles. The van der Waals surface area contributed by atoms with E-state index in [1.54, 1.807) is 13.0 Å². The predicted molar refractivity (Wildman–Crippen MR) is 81.1 cm³/mol. The summed E-state index contributed by atoms with van der Waals surface area (Å²) in [7, 11) is 0. The molecule has 4 heteroatoms. The molecule has 0 heterocycles. The van der Waals surface area contributed by atoms with Crippen LogP contribution in [0.25, 0.3) is 0 Å². The third-order valence-corrected chi connectivity index (χ3v) is 2.95. The summed E-state index contributed by atoms with van der Waals surface area (Å²) in [5.74, 6) is -0.0854. The number of carbonyl (C=O) groups excluding carboxylic acids is 1. The van der Waals surface area contributed by atoms with Gasteiger partial charge < -0.3 is 15.7 Å². The van der Waals surface area contributed by atoms with Crippen LogP contribution in [0.3, 0.4) is 0 Å². The summed E-state index contributed by atoms with van der Waals surface area (Å²) >= 11 is 0. The summed E-state index contributed by atoms with van der Waals surface area (Å²) in [6.45, 7) is 3.88. The van der Waals surface area contributed by atoms with Gasteiger partial charge in [-0.15, -0.1) is 0 Å². The number of hydrogen-bond acceptors (Lipinski definition) is 3. The van der Waals surface area contributed by atoms with Crippen molar-refractivity contribution >= 4 is 17.3 Å². The molecule has 3 N–H and O–H groups in total. The van der Waals surface area contributed by atoms with Crippen LogP contribution in [0.4, 0.5) is 11.4 Å². The first kappa shape index (κ1) is 13.9. The van der Waals surface area contributed by atoms with E-state index in [2.05, 4.69) is 10.6 Å². The van der Waals surface area contributed by atoms with Gasteiger partial charge in [0.15, 0.2) is 0 Å². The Hall–Kier alpha value is -2.49. The van der Waals surface area contributed by atoms with E-state index in [9.17, 15) is 9.90 Å². The maximum Gasteiger partial charge on any atom is 0.243 e. The van der Waals surface area contributed by atoms with Crippen LogP contribution in [0, 0.1) is 13.8 Å². The Bertz CT molecular complexity index is 609. The van der Waals surface area contributed by atoms with Crippen molar-refractivity contribution in [2.45, 2.75) is 13.8 Å². The standard InChI is InChI=1S/C16H18N2O2/c1-11-8-12(2)16(20)14(9-11)18-15(19)10-17-13-6-4-3-5-7-13/h3-9,17,20H,10H2,1-2H3,(H,18,19). The molecule has 2 rings (SSSR count). The number of carbonyl (C=O) groups is 1. The van der Waals surface area contributed by atoms with Crippen LogP contribution in [0.2, 0.25) is 0 Å². The quantitative estimate of drug-likeness (QED) is 0.748. The van der Waals surface area contributed by atoms with Gasteiger partial charge in [-0.05, 0) is 43.2 Å². The highest BCUT2D eigenvalue weighted by Gasteiger charge is 2.09. The van der Waals surface area contributed by atoms with Crippen molar-refractivity contribution in [3.8, 4) is 5.75 Å². The first-order valence-electron chi connectivity index (χ1n) is 6.45. The fraction of sp³-hybridized carbons (Fsp3) is 0.188. The van der Waals surface area contributed by atoms with Crippen molar-refractivity contribution in [2.24, 2.45) is 0 Å². The number of phenols is 1. The Balaban J connectivity index is 1.98. The second-order valence-corrected chi connectivity index (χ2v) is 4.75. The smallest absolute Gasteiger partial charge is 0.243 e. The molecule has 0 fully saturated rings. The van der Waals surface area contributed by atoms with Gasteiger partial charge in [-0.25, -0.2) is 0 Å². The zero-order valence-corrected chi connectivity index (χ0v) is 11.6. The van der Waals surface area contributed by atoms with Crippen molar-refractivity contribution in [1.29, 1.82) is 0 Å². The number of aryl methyl sites for hydroxylation is 2. The number of rotatable bonds is 4. The van der Waals surface area contributed by atoms with Crippen molar-refractivity contribution in [1.82, 2.24) is 0 Å². The molecule has 0 bridgehead atoms. The molecular formula is C16H18N2O2. The molecule has 0 aliphatic rings. The van der Waals surface area contributed by atoms with E-state index in [-0.39, 0.29) is 18.2 Å². The lowest BCUT2D eigenvalue weighted by Gasteiger charge is -2.11. The number of phenolic OH excluding ortho intramolecular Hbond substituents is 1. The molecule has 0 aliphatic heterocycles. The van der Waals surface area contributed by atoms with Crippen molar-refractivity contribution in [2.75, 3.05) is 17.2 Å². The molecule has 0 aromatic heterocycles. The van der Waals surface area contributed by atoms with Gasteiger partial charge in [-0.3, -0.25) is 4.79 Å². The average molecular weight is 270 g/mol. The van der Waals surface area contributed by atoms with Gasteiger partial charge in [-0.2, -0.15) is 0 Å². The SMILES string of the molecule is Cc1cc(C)c(O)c(NC(=O)CNc2ccccc2)c1. The number of amides is 1. The summed E-state index contributed by atoms with van der Waals surface area (Å²) in [5, 5.41) is 15.7. The molecular weight excluding hydrogens is 252 g/mol. The molecule has 0 aliphatic carbocycles. The fourth-order valence-corrected chi connectivity index (χ4v) is 1.99. The molecule has 20 heavy (non-hydrogen) atoms. The molecule has 1 amide bonds. The molecule has 4 nitrogen and oxygen atoms in total. The number of benzene rings is 2. The number of nitrogens with one attached hydrogen (secondary N) is 2. The zero-order chi connectivity index (χ0) is 14.5. The Morgan fingerprint density at radius 1 is 1.15 bits per heavy atom. The summed E-state index contributed by atoms with van der Waals surface area (Å²) in [5.41, 5.74) is 3.07. The minimum Gasteiger partial charge on any atom is -0.505 e. The molecule has 0 radical (unpaired) electrons. The maximum atomic E-state index is 11.9. The van der Waals surface area contributed by atoms with Gasteiger partial charge in [0.1, 0.15) is 5.75 Å². The summed E-state index contributed by atoms with van der Waals surface area (Å²) < 4.78 is 0. The van der Waals surface area contributed by atoms with Gasteiger partial charge >= 0.3 is 0 Å². The van der Waals surface area contributed by atoms with Crippen LogP contribution in [-0.4, -0.2) is 17.6 Å². The van der Waals surface area contributed by atoms with Crippen LogP contribution in [0.5, 0.6) is 5.75 Å². The third-order valence-electron chi connectivity index (χ3n) is 2.95. The zero-order valence-electron chi connectivity index (χ0n) is 11.6. The second-order valence-electron chi connectivity index (χ2n) is 4.75. The largest absolute Gasteiger partial charge is 0.505 e. The third kappa shape index (κ3) is 3.51. The highest BCUT2D eigenvalue weighted by Crippen LogP contribution is 2.28. The van der Waals surface area contributed by atoms with Crippen molar-refractivity contribution < 1.29 is 9.90 Å². The van der Waals surface area contributed by atoms with Crippen molar-refractivity contribution in [3.05, 3.63) is 53.6 Å². The number of aromatic hydroxyl groups is 1. The normalized spacial score (nSPS) is 10.1. The Kier molecular flexibility index (Phi) is 4.25. The van der Waals surface area contributed by atoms with Crippen LogP contribution in [0.15, 0.2) is 42.5 Å². The molecule has 2 aromatic rings. The van der Waals surface area contributed by atoms with Crippen LogP contribution in [-0.2, 0) is 4.79 Å². The maximum absolute atomic E-state index is 11.9. The molecule has 0 atom stereocenters. The van der Waals surface area contributed by atoms with Crippen LogP contribution >= 0.6 is 0 Å². The van der Waals surface area contributed by atoms with Gasteiger partial charge in [0.2, 0.25) is 5.91 Å². The van der Waals surface area contributed by atoms with Crippen LogP contribution < -0.4 is 10.6 Å². The first-order valence-corrected chi connectivity index (χ1v) is 6.45. The lowest BCUT2D eigenvalue weighted by atomic mass is 10.1. The Labute approximate surface area is 118 Å². The van der Waals surface area contributed by atoms with E-state index in [1.165, 1.54) is 0 Å². The molecule has 0 saturated carbocycles. The first-order chi connectivity index (χ1) is 9.56. The van der Waals surface area contributed by atoms with Crippen molar-refractivity contribution in [3.63, 3.8) is 0 Å². The molecule has 0 unspecified atom stereocenters. The summed E-state index contributed by atoms with van der Waals surface area (Å²) in [4.78, 5) is 11.9. The molecule has 2 aromatic carbocycles. The predicted octanol–water partition coefficient (Wildman–Crippen LogP) is 3.06. The van der Waals surface area contributed by atoms with E-state index in [4.69, 9.17) is 0 Å². The second kappa shape index (κ2) is 6.10. The van der Waals surface area contributed by atoms with Crippen LogP contribution in [0.1, 0.15) is 11.1 Å². The van der Waals surface area contributed by atoms with Gasteiger partial charge in [0, 0.05) is 5.69 Å². The topological polar surface area (TPSA) is 61.4 Å². The van der Waals surface area contributed by atoms with E-state index in [0.717, 1.165) is 16.8 Å². The fourth-order valence-electron chi connectivity index (χ4n) is 1.99. The lowest BCUT2D eigenvalue weighted by Crippen LogP contribution is -2.21. The number of hydrogen-bond donors (Lipinski definition) is 3. The van der Waals surface area contributed by atoms with Gasteiger partial charge in [0.05, 0.1) is 12.2 Å². The Morgan fingerprint density at radius 3 is 2.55 bits per heavy atom. The number of para-hydroxylation sites is 1. The van der Waals surface area contributed by atoms with E-state index >= 15 is 0 Å². The highest BCUT2D eigenvalue weighted by atomic mass is 16.3. The average Bonchev–Trinajstić information content (AvgIpc) is 2.43.